The lowest BCUT2D eigenvalue weighted by Gasteiger charge is -2.21. The summed E-state index contributed by atoms with van der Waals surface area (Å²) in [4.78, 5) is 73.2. The van der Waals surface area contributed by atoms with Gasteiger partial charge in [-0.3, -0.25) is 37.3 Å². The first kappa shape index (κ1) is 102. The van der Waals surface area contributed by atoms with Crippen LogP contribution >= 0.6 is 15.6 Å². The van der Waals surface area contributed by atoms with Crippen molar-refractivity contribution in [3.05, 3.63) is 0 Å². The minimum Gasteiger partial charge on any atom is -0.462 e. The van der Waals surface area contributed by atoms with Gasteiger partial charge in [0.1, 0.15) is 19.3 Å². The van der Waals surface area contributed by atoms with Gasteiger partial charge in [0.2, 0.25) is 0 Å². The first-order valence-electron chi connectivity index (χ1n) is 44.0. The van der Waals surface area contributed by atoms with Crippen molar-refractivity contribution in [1.82, 2.24) is 0 Å². The number of rotatable bonds is 84. The number of esters is 4. The van der Waals surface area contributed by atoms with Crippen LogP contribution < -0.4 is 0 Å². The largest absolute Gasteiger partial charge is 0.472 e. The molecule has 17 nitrogen and oxygen atoms in total. The molecule has 2 unspecified atom stereocenters. The quantitative estimate of drug-likeness (QED) is 0.0222. The molecule has 19 heteroatoms. The Hall–Kier alpha value is -1.94. The maximum absolute atomic E-state index is 13.1. The highest BCUT2D eigenvalue weighted by Gasteiger charge is 2.30. The maximum atomic E-state index is 13.1. The average Bonchev–Trinajstić information content (AvgIpc) is 0.912. The van der Waals surface area contributed by atoms with Crippen LogP contribution in [0.3, 0.4) is 0 Å². The number of carbonyl (C=O) groups is 4. The molecule has 3 N–H and O–H groups in total. The molecular formula is C85H166O17P2. The van der Waals surface area contributed by atoms with E-state index in [1.54, 1.807) is 0 Å². The third-order valence-corrected chi connectivity index (χ3v) is 21.9. The fraction of sp³-hybridized carbons (Fsp3) is 0.953. The second-order valence-corrected chi connectivity index (χ2v) is 34.4. The van der Waals surface area contributed by atoms with E-state index in [0.29, 0.717) is 25.7 Å². The molecule has 0 aromatic heterocycles. The number of ether oxygens (including phenoxy) is 4. The summed E-state index contributed by atoms with van der Waals surface area (Å²) in [5.41, 5.74) is 0. The molecule has 0 radical (unpaired) electrons. The predicted octanol–water partition coefficient (Wildman–Crippen LogP) is 25.8. The maximum Gasteiger partial charge on any atom is 0.472 e. The Morgan fingerprint density at radius 2 is 0.442 bits per heavy atom. The van der Waals surface area contributed by atoms with Gasteiger partial charge in [-0.2, -0.15) is 0 Å². The molecule has 0 saturated heterocycles. The molecule has 0 heterocycles. The third-order valence-electron chi connectivity index (χ3n) is 20.0. The number of aliphatic hydroxyl groups excluding tert-OH is 1. The van der Waals surface area contributed by atoms with Gasteiger partial charge < -0.3 is 33.8 Å². The molecule has 0 aromatic rings. The summed E-state index contributed by atoms with van der Waals surface area (Å²) in [6, 6.07) is 0. The van der Waals surface area contributed by atoms with E-state index in [-0.39, 0.29) is 25.7 Å². The molecule has 0 aliphatic rings. The van der Waals surface area contributed by atoms with Gasteiger partial charge in [-0.1, -0.05) is 401 Å². The van der Waals surface area contributed by atoms with Crippen LogP contribution in [-0.4, -0.2) is 96.7 Å². The van der Waals surface area contributed by atoms with Gasteiger partial charge >= 0.3 is 39.5 Å². The first-order chi connectivity index (χ1) is 50.4. The van der Waals surface area contributed by atoms with E-state index in [0.717, 1.165) is 102 Å². The van der Waals surface area contributed by atoms with Crippen LogP contribution in [0.1, 0.15) is 452 Å². The number of hydrogen-bond donors (Lipinski definition) is 3. The fourth-order valence-electron chi connectivity index (χ4n) is 13.2. The van der Waals surface area contributed by atoms with Crippen molar-refractivity contribution in [1.29, 1.82) is 0 Å². The molecule has 0 bridgehead atoms. The van der Waals surface area contributed by atoms with Crippen LogP contribution in [0.2, 0.25) is 0 Å². The Morgan fingerprint density at radius 1 is 0.260 bits per heavy atom. The average molecular weight is 1520 g/mol. The van der Waals surface area contributed by atoms with E-state index in [4.69, 9.17) is 37.0 Å². The Bertz CT molecular complexity index is 1990. The number of phosphoric ester groups is 2. The summed E-state index contributed by atoms with van der Waals surface area (Å²) in [5, 5.41) is 10.7. The zero-order valence-corrected chi connectivity index (χ0v) is 70.1. The highest BCUT2D eigenvalue weighted by atomic mass is 31.2. The Balaban J connectivity index is 5.25. The molecule has 0 saturated carbocycles. The minimum absolute atomic E-state index is 0.107. The molecular weight excluding hydrogens is 1350 g/mol. The van der Waals surface area contributed by atoms with Gasteiger partial charge in [-0.05, 0) is 37.5 Å². The molecule has 0 amide bonds. The smallest absolute Gasteiger partial charge is 0.462 e. The van der Waals surface area contributed by atoms with Crippen LogP contribution in [0.5, 0.6) is 0 Å². The van der Waals surface area contributed by atoms with Crippen molar-refractivity contribution in [3.8, 4) is 0 Å². The summed E-state index contributed by atoms with van der Waals surface area (Å²) in [6.45, 7) is 9.70. The van der Waals surface area contributed by atoms with Crippen LogP contribution in [0.25, 0.3) is 0 Å². The molecule has 618 valence electrons. The SMILES string of the molecule is CCCCCCCCCCCCCCCCCCCCCC(=O)OC[C@H](COP(=O)(O)OC[C@@H](O)COP(=O)(O)OC[C@@H](COC(=O)CCCCCCCCCCCCCC)OC(=O)CCCCCCCCCCCCCC(C)C)OC(=O)CCCCCCCCCCCCCCCCCCC(C)C. The highest BCUT2D eigenvalue weighted by Crippen LogP contribution is 2.45. The van der Waals surface area contributed by atoms with Gasteiger partial charge in [0.05, 0.1) is 26.4 Å². The van der Waals surface area contributed by atoms with E-state index < -0.39 is 97.5 Å². The van der Waals surface area contributed by atoms with Crippen molar-refractivity contribution < 1.29 is 80.2 Å². The van der Waals surface area contributed by atoms with Crippen molar-refractivity contribution in [2.24, 2.45) is 11.8 Å². The minimum atomic E-state index is -4.97. The summed E-state index contributed by atoms with van der Waals surface area (Å²) >= 11 is 0. The number of carbonyl (C=O) groups excluding carboxylic acids is 4. The molecule has 0 spiro atoms. The third kappa shape index (κ3) is 78.2. The van der Waals surface area contributed by atoms with Crippen molar-refractivity contribution in [2.45, 2.75) is 471 Å². The number of hydrogen-bond acceptors (Lipinski definition) is 15. The molecule has 0 fully saturated rings. The van der Waals surface area contributed by atoms with Crippen molar-refractivity contribution in [2.75, 3.05) is 39.6 Å². The summed E-state index contributed by atoms with van der Waals surface area (Å²) in [7, 11) is -9.93. The second kappa shape index (κ2) is 76.4. The number of phosphoric acid groups is 2. The molecule has 0 aliphatic heterocycles. The van der Waals surface area contributed by atoms with Crippen LogP contribution in [0.15, 0.2) is 0 Å². The molecule has 0 aliphatic carbocycles. The van der Waals surface area contributed by atoms with Gasteiger partial charge in [0, 0.05) is 25.7 Å². The lowest BCUT2D eigenvalue weighted by molar-refractivity contribution is -0.161. The Labute approximate surface area is 638 Å². The standard InChI is InChI=1S/C85H166O17P2/c1-7-9-11-13-15-17-19-21-22-23-24-25-29-32-38-44-50-56-62-68-83(88)96-74-80(101-84(89)69-63-57-51-45-39-33-30-27-26-28-31-35-41-47-53-59-65-77(3)4)75-99-103(91,92)97-71-79(86)72-98-104(93,94)100-76-81(73-95-82(87)67-61-55-49-43-37-20-18-16-14-12-10-8-2)102-85(90)70-64-58-52-46-40-34-36-42-48-54-60-66-78(5)6/h77-81,86H,7-76H2,1-6H3,(H,91,92)(H,93,94)/t79-,80-,81-/m1/s1. The van der Waals surface area contributed by atoms with Gasteiger partial charge in [-0.25, -0.2) is 9.13 Å². The number of unbranched alkanes of at least 4 members (excludes halogenated alkanes) is 54. The lowest BCUT2D eigenvalue weighted by atomic mass is 10.0. The van der Waals surface area contributed by atoms with Crippen LogP contribution in [-0.2, 0) is 65.4 Å². The van der Waals surface area contributed by atoms with Crippen LogP contribution in [0, 0.1) is 11.8 Å². The summed E-state index contributed by atoms with van der Waals surface area (Å²) < 4.78 is 68.9. The topological polar surface area (TPSA) is 237 Å². The van der Waals surface area contributed by atoms with Crippen molar-refractivity contribution in [3.63, 3.8) is 0 Å². The van der Waals surface area contributed by atoms with E-state index in [1.165, 1.54) is 270 Å². The highest BCUT2D eigenvalue weighted by molar-refractivity contribution is 7.47. The van der Waals surface area contributed by atoms with E-state index in [9.17, 15) is 43.2 Å². The molecule has 0 aromatic carbocycles. The summed E-state index contributed by atoms with van der Waals surface area (Å²) in [6.07, 6.45) is 67.9. The van der Waals surface area contributed by atoms with Gasteiger partial charge in [0.25, 0.3) is 0 Å². The first-order valence-corrected chi connectivity index (χ1v) is 47.0. The van der Waals surface area contributed by atoms with E-state index in [1.807, 2.05) is 0 Å². The normalized spacial score (nSPS) is 13.8. The molecule has 5 atom stereocenters. The Morgan fingerprint density at radius 3 is 0.654 bits per heavy atom. The molecule has 0 rings (SSSR count). The van der Waals surface area contributed by atoms with Gasteiger partial charge in [-0.15, -0.1) is 0 Å². The number of aliphatic hydroxyl groups is 1. The summed E-state index contributed by atoms with van der Waals surface area (Å²) in [5.74, 6) is -0.527. The zero-order valence-electron chi connectivity index (χ0n) is 68.3. The van der Waals surface area contributed by atoms with E-state index in [2.05, 4.69) is 41.5 Å². The lowest BCUT2D eigenvalue weighted by Crippen LogP contribution is -2.30. The van der Waals surface area contributed by atoms with Gasteiger partial charge in [0.15, 0.2) is 12.2 Å². The zero-order chi connectivity index (χ0) is 76.4. The Kier molecular flexibility index (Phi) is 75.0. The fourth-order valence-corrected chi connectivity index (χ4v) is 14.8. The van der Waals surface area contributed by atoms with Crippen LogP contribution in [0.4, 0.5) is 0 Å². The monoisotopic (exact) mass is 1520 g/mol. The van der Waals surface area contributed by atoms with Crippen molar-refractivity contribution >= 4 is 39.5 Å². The van der Waals surface area contributed by atoms with E-state index >= 15 is 0 Å². The molecule has 104 heavy (non-hydrogen) atoms. The predicted molar refractivity (Wildman–Crippen MR) is 428 cm³/mol. The second-order valence-electron chi connectivity index (χ2n) is 31.5.